The predicted molar refractivity (Wildman–Crippen MR) is 76.8 cm³/mol. The number of benzene rings is 1. The quantitative estimate of drug-likeness (QED) is 0.591. The second kappa shape index (κ2) is 6.64. The van der Waals surface area contributed by atoms with Crippen molar-refractivity contribution in [1.82, 2.24) is 5.32 Å². The second-order valence-electron chi connectivity index (χ2n) is 4.51. The molecule has 0 saturated carbocycles. The van der Waals surface area contributed by atoms with Crippen LogP contribution in [0.5, 0.6) is 0 Å². The normalized spacial score (nSPS) is 14.2. The minimum absolute atomic E-state index is 0.0370. The van der Waals surface area contributed by atoms with Gasteiger partial charge in [0.25, 0.3) is 0 Å². The molecule has 1 atom stereocenters. The molecule has 0 aliphatic heterocycles. The summed E-state index contributed by atoms with van der Waals surface area (Å²) in [6, 6.07) is 6.17. The molecule has 0 aliphatic rings. The lowest BCUT2D eigenvalue weighted by Crippen LogP contribution is -2.24. The van der Waals surface area contributed by atoms with Crippen molar-refractivity contribution in [3.63, 3.8) is 0 Å². The van der Waals surface area contributed by atoms with E-state index in [1.165, 1.54) is 12.1 Å². The van der Waals surface area contributed by atoms with Gasteiger partial charge in [0, 0.05) is 6.04 Å². The lowest BCUT2D eigenvalue weighted by atomic mass is 10.1. The highest BCUT2D eigenvalue weighted by Gasteiger charge is 2.10. The molecular formula is C11H19N3O4S2. The first kappa shape index (κ1) is 17.1. The number of nitrogens with two attached hydrogens (primary N) is 2. The molecule has 0 bridgehead atoms. The lowest BCUT2D eigenvalue weighted by molar-refractivity contribution is 0.560. The number of nitrogens with one attached hydrogen (secondary N) is 1. The minimum Gasteiger partial charge on any atom is -0.310 e. The van der Waals surface area contributed by atoms with Crippen molar-refractivity contribution >= 4 is 20.0 Å². The second-order valence-corrected chi connectivity index (χ2v) is 7.81. The van der Waals surface area contributed by atoms with Crippen molar-refractivity contribution in [1.29, 1.82) is 0 Å². The van der Waals surface area contributed by atoms with E-state index >= 15 is 0 Å². The van der Waals surface area contributed by atoms with Crippen LogP contribution in [0.15, 0.2) is 29.2 Å². The Bertz CT molecular complexity index is 639. The van der Waals surface area contributed by atoms with Gasteiger partial charge in [-0.25, -0.2) is 27.1 Å². The summed E-state index contributed by atoms with van der Waals surface area (Å²) in [5.74, 6) is -0.0723. The largest absolute Gasteiger partial charge is 0.310 e. The third kappa shape index (κ3) is 5.97. The molecular weight excluding hydrogens is 302 g/mol. The van der Waals surface area contributed by atoms with E-state index in [-0.39, 0.29) is 16.7 Å². The Morgan fingerprint density at radius 3 is 2.10 bits per heavy atom. The van der Waals surface area contributed by atoms with Crippen molar-refractivity contribution in [2.24, 2.45) is 10.3 Å². The predicted octanol–water partition coefficient (Wildman–Crippen LogP) is -0.337. The number of sulfonamides is 2. The summed E-state index contributed by atoms with van der Waals surface area (Å²) >= 11 is 0. The monoisotopic (exact) mass is 321 g/mol. The van der Waals surface area contributed by atoms with Crippen LogP contribution in [0.25, 0.3) is 0 Å². The van der Waals surface area contributed by atoms with Gasteiger partial charge in [0.15, 0.2) is 0 Å². The van der Waals surface area contributed by atoms with Gasteiger partial charge < -0.3 is 5.32 Å². The van der Waals surface area contributed by atoms with Crippen molar-refractivity contribution < 1.29 is 16.8 Å². The van der Waals surface area contributed by atoms with Crippen LogP contribution in [-0.2, 0) is 20.0 Å². The Kier molecular flexibility index (Phi) is 5.66. The van der Waals surface area contributed by atoms with Crippen LogP contribution in [0.2, 0.25) is 0 Å². The molecule has 5 N–H and O–H groups in total. The smallest absolute Gasteiger partial charge is 0.238 e. The highest BCUT2D eigenvalue weighted by molar-refractivity contribution is 7.89. The van der Waals surface area contributed by atoms with Gasteiger partial charge in [-0.1, -0.05) is 12.1 Å². The zero-order valence-corrected chi connectivity index (χ0v) is 12.7. The fraction of sp³-hybridized carbons (Fsp3) is 0.455. The van der Waals surface area contributed by atoms with Crippen LogP contribution in [0.4, 0.5) is 0 Å². The fourth-order valence-electron chi connectivity index (χ4n) is 1.66. The number of hydrogen-bond acceptors (Lipinski definition) is 5. The van der Waals surface area contributed by atoms with Gasteiger partial charge in [0.1, 0.15) is 0 Å². The summed E-state index contributed by atoms with van der Waals surface area (Å²) in [5, 5.41) is 13.0. The van der Waals surface area contributed by atoms with Crippen LogP contribution in [0.3, 0.4) is 0 Å². The maximum atomic E-state index is 11.1. The first-order valence-electron chi connectivity index (χ1n) is 5.96. The van der Waals surface area contributed by atoms with Crippen molar-refractivity contribution in [3.8, 4) is 0 Å². The summed E-state index contributed by atoms with van der Waals surface area (Å²) in [7, 11) is -7.11. The highest BCUT2D eigenvalue weighted by Crippen LogP contribution is 2.15. The molecule has 1 unspecified atom stereocenters. The molecule has 0 aromatic heterocycles. The van der Waals surface area contributed by atoms with Crippen LogP contribution < -0.4 is 15.6 Å². The van der Waals surface area contributed by atoms with E-state index in [1.807, 2.05) is 6.92 Å². The molecule has 0 heterocycles. The third-order valence-corrected chi connectivity index (χ3v) is 4.55. The van der Waals surface area contributed by atoms with E-state index in [1.54, 1.807) is 12.1 Å². The maximum Gasteiger partial charge on any atom is 0.238 e. The molecule has 114 valence electrons. The maximum absolute atomic E-state index is 11.1. The summed E-state index contributed by atoms with van der Waals surface area (Å²) in [6.07, 6.45) is 0.415. The van der Waals surface area contributed by atoms with Crippen LogP contribution in [0.1, 0.15) is 24.9 Å². The van der Waals surface area contributed by atoms with Gasteiger partial charge in [-0.05, 0) is 37.6 Å². The summed E-state index contributed by atoms with van der Waals surface area (Å²) in [5.41, 5.74) is 0.882. The van der Waals surface area contributed by atoms with E-state index in [0.29, 0.717) is 13.0 Å². The average molecular weight is 321 g/mol. The Morgan fingerprint density at radius 1 is 1.10 bits per heavy atom. The average Bonchev–Trinajstić information content (AvgIpc) is 2.32. The molecule has 0 aliphatic carbocycles. The molecule has 0 amide bonds. The minimum atomic E-state index is -3.68. The zero-order chi connectivity index (χ0) is 15.4. The Hall–Kier alpha value is -1.00. The molecule has 1 aromatic rings. The molecule has 20 heavy (non-hydrogen) atoms. The van der Waals surface area contributed by atoms with Gasteiger partial charge in [-0.2, -0.15) is 0 Å². The van der Waals surface area contributed by atoms with Gasteiger partial charge in [0.05, 0.1) is 10.6 Å². The molecule has 7 nitrogen and oxygen atoms in total. The third-order valence-electron chi connectivity index (χ3n) is 2.76. The van der Waals surface area contributed by atoms with Crippen molar-refractivity contribution in [3.05, 3.63) is 29.8 Å². The van der Waals surface area contributed by atoms with Gasteiger partial charge >= 0.3 is 0 Å². The Balaban J connectivity index is 2.54. The molecule has 0 saturated heterocycles. The molecule has 0 radical (unpaired) electrons. The Morgan fingerprint density at radius 2 is 1.65 bits per heavy atom. The van der Waals surface area contributed by atoms with Crippen LogP contribution >= 0.6 is 0 Å². The van der Waals surface area contributed by atoms with E-state index in [4.69, 9.17) is 10.3 Å². The van der Waals surface area contributed by atoms with Crippen molar-refractivity contribution in [2.45, 2.75) is 24.3 Å². The number of hydrogen-bond donors (Lipinski definition) is 3. The standard InChI is InChI=1S/C11H19N3O4S2/c1-9(14-7-2-8-19(12,15)16)10-3-5-11(6-4-10)20(13,17)18/h3-6,9,14H,2,7-8H2,1H3,(H2,12,15,16)(H2,13,17,18). The summed E-state index contributed by atoms with van der Waals surface area (Å²) in [6.45, 7) is 2.39. The number of rotatable bonds is 7. The van der Waals surface area contributed by atoms with Crippen LogP contribution in [0, 0.1) is 0 Å². The van der Waals surface area contributed by atoms with Gasteiger partial charge in [0.2, 0.25) is 20.0 Å². The summed E-state index contributed by atoms with van der Waals surface area (Å²) < 4.78 is 43.7. The van der Waals surface area contributed by atoms with E-state index in [2.05, 4.69) is 5.32 Å². The first-order chi connectivity index (χ1) is 9.09. The van der Waals surface area contributed by atoms with Crippen LogP contribution in [-0.4, -0.2) is 29.1 Å². The van der Waals surface area contributed by atoms with Crippen molar-refractivity contribution in [2.75, 3.05) is 12.3 Å². The molecule has 1 rings (SSSR count). The zero-order valence-electron chi connectivity index (χ0n) is 11.1. The fourth-order valence-corrected chi connectivity index (χ4v) is 2.72. The molecule has 0 spiro atoms. The van der Waals surface area contributed by atoms with E-state index in [0.717, 1.165) is 5.56 Å². The van der Waals surface area contributed by atoms with Gasteiger partial charge in [-0.15, -0.1) is 0 Å². The molecule has 9 heteroatoms. The number of primary sulfonamides is 2. The summed E-state index contributed by atoms with van der Waals surface area (Å²) in [4.78, 5) is 0.0580. The van der Waals surface area contributed by atoms with E-state index < -0.39 is 20.0 Å². The SMILES string of the molecule is CC(NCCCS(N)(=O)=O)c1ccc(S(N)(=O)=O)cc1. The molecule has 1 aromatic carbocycles. The molecule has 0 fully saturated rings. The lowest BCUT2D eigenvalue weighted by Gasteiger charge is -2.14. The Labute approximate surface area is 119 Å². The van der Waals surface area contributed by atoms with E-state index in [9.17, 15) is 16.8 Å². The highest BCUT2D eigenvalue weighted by atomic mass is 32.2. The topological polar surface area (TPSA) is 132 Å². The first-order valence-corrected chi connectivity index (χ1v) is 9.22. The van der Waals surface area contributed by atoms with Gasteiger partial charge in [-0.3, -0.25) is 0 Å².